The third kappa shape index (κ3) is 2.51. The second-order valence-corrected chi connectivity index (χ2v) is 5.88. The maximum absolute atomic E-state index is 12.4. The Kier molecular flexibility index (Phi) is 3.62. The van der Waals surface area contributed by atoms with Gasteiger partial charge < -0.3 is 0 Å². The van der Waals surface area contributed by atoms with Crippen LogP contribution in [-0.4, -0.2) is 5.78 Å². The molecule has 3 rings (SSSR count). The highest BCUT2D eigenvalue weighted by molar-refractivity contribution is 6.31. The van der Waals surface area contributed by atoms with Gasteiger partial charge in [0.2, 0.25) is 0 Å². The van der Waals surface area contributed by atoms with E-state index in [2.05, 4.69) is 18.2 Å². The molecule has 0 N–H and O–H groups in total. The first-order chi connectivity index (χ1) is 9.65. The van der Waals surface area contributed by atoms with E-state index in [9.17, 15) is 4.79 Å². The smallest absolute Gasteiger partial charge is 0.167 e. The largest absolute Gasteiger partial charge is 0.294 e. The lowest BCUT2D eigenvalue weighted by molar-refractivity contribution is 0.0992. The van der Waals surface area contributed by atoms with E-state index in [1.54, 1.807) is 0 Å². The molecule has 0 spiro atoms. The number of aryl methyl sites for hydroxylation is 2. The topological polar surface area (TPSA) is 17.1 Å². The summed E-state index contributed by atoms with van der Waals surface area (Å²) in [6, 6.07) is 12.0. The van der Waals surface area contributed by atoms with Crippen LogP contribution in [0.15, 0.2) is 36.4 Å². The molecular weight excluding hydrogens is 268 g/mol. The normalized spacial score (nSPS) is 13.3. The molecule has 0 aliphatic heterocycles. The molecule has 20 heavy (non-hydrogen) atoms. The summed E-state index contributed by atoms with van der Waals surface area (Å²) in [5.74, 6) is 0.142. The Morgan fingerprint density at radius 3 is 2.80 bits per heavy atom. The lowest BCUT2D eigenvalue weighted by atomic mass is 9.97. The number of carbonyl (C=O) groups excluding carboxylic acids is 1. The molecule has 0 fully saturated rings. The molecule has 1 aliphatic carbocycles. The third-order valence-electron chi connectivity index (χ3n) is 4.10. The van der Waals surface area contributed by atoms with Crippen LogP contribution in [0.5, 0.6) is 0 Å². The van der Waals surface area contributed by atoms with Crippen LogP contribution in [0.4, 0.5) is 0 Å². The lowest BCUT2D eigenvalue weighted by Crippen LogP contribution is -2.06. The van der Waals surface area contributed by atoms with Gasteiger partial charge in [0, 0.05) is 17.0 Å². The van der Waals surface area contributed by atoms with Gasteiger partial charge in [-0.15, -0.1) is 0 Å². The van der Waals surface area contributed by atoms with Crippen molar-refractivity contribution in [1.29, 1.82) is 0 Å². The minimum atomic E-state index is 0.142. The fourth-order valence-corrected chi connectivity index (χ4v) is 3.10. The number of Topliss-reactive ketones (excluding diaryl/α,β-unsaturated/α-hetero) is 1. The van der Waals surface area contributed by atoms with Gasteiger partial charge in [0.25, 0.3) is 0 Å². The van der Waals surface area contributed by atoms with Crippen LogP contribution < -0.4 is 0 Å². The van der Waals surface area contributed by atoms with Crippen LogP contribution >= 0.6 is 11.6 Å². The molecule has 0 aromatic heterocycles. The second-order valence-electron chi connectivity index (χ2n) is 5.47. The molecule has 0 atom stereocenters. The number of carbonyl (C=O) groups is 1. The Morgan fingerprint density at radius 1 is 1.15 bits per heavy atom. The summed E-state index contributed by atoms with van der Waals surface area (Å²) in [5, 5.41) is 0.657. The number of halogens is 1. The zero-order valence-electron chi connectivity index (χ0n) is 11.6. The molecule has 2 heteroatoms. The van der Waals surface area contributed by atoms with E-state index in [0.29, 0.717) is 11.4 Å². The summed E-state index contributed by atoms with van der Waals surface area (Å²) < 4.78 is 0. The number of benzene rings is 2. The van der Waals surface area contributed by atoms with Crippen LogP contribution in [0, 0.1) is 6.92 Å². The average molecular weight is 285 g/mol. The summed E-state index contributed by atoms with van der Waals surface area (Å²) in [4.78, 5) is 12.4. The van der Waals surface area contributed by atoms with Gasteiger partial charge in [-0.2, -0.15) is 0 Å². The van der Waals surface area contributed by atoms with E-state index in [1.165, 1.54) is 24.0 Å². The average Bonchev–Trinajstić information content (AvgIpc) is 2.89. The minimum Gasteiger partial charge on any atom is -0.294 e. The zero-order chi connectivity index (χ0) is 14.1. The SMILES string of the molecule is Cc1c(Cl)cccc1C(=O)Cc1ccc2c(c1)CCC2. The van der Waals surface area contributed by atoms with Crippen molar-refractivity contribution >= 4 is 17.4 Å². The summed E-state index contributed by atoms with van der Waals surface area (Å²) in [6.07, 6.45) is 4.01. The Hall–Kier alpha value is -1.60. The van der Waals surface area contributed by atoms with E-state index >= 15 is 0 Å². The fraction of sp³-hybridized carbons (Fsp3) is 0.278. The van der Waals surface area contributed by atoms with Crippen LogP contribution in [0.25, 0.3) is 0 Å². The van der Waals surface area contributed by atoms with Gasteiger partial charge in [-0.05, 0) is 54.5 Å². The van der Waals surface area contributed by atoms with E-state index in [0.717, 1.165) is 23.1 Å². The van der Waals surface area contributed by atoms with E-state index in [4.69, 9.17) is 11.6 Å². The molecule has 0 unspecified atom stereocenters. The van der Waals surface area contributed by atoms with Crippen molar-refractivity contribution in [1.82, 2.24) is 0 Å². The highest BCUT2D eigenvalue weighted by Gasteiger charge is 2.14. The molecule has 0 heterocycles. The number of hydrogen-bond donors (Lipinski definition) is 0. The van der Waals surface area contributed by atoms with Gasteiger partial charge in [0.1, 0.15) is 0 Å². The fourth-order valence-electron chi connectivity index (χ4n) is 2.93. The predicted octanol–water partition coefficient (Wildman–Crippen LogP) is 4.56. The van der Waals surface area contributed by atoms with Gasteiger partial charge in [0.15, 0.2) is 5.78 Å². The molecular formula is C18H17ClO. The predicted molar refractivity (Wildman–Crippen MR) is 82.7 cm³/mol. The van der Waals surface area contributed by atoms with Crippen molar-refractivity contribution in [2.24, 2.45) is 0 Å². The number of hydrogen-bond acceptors (Lipinski definition) is 1. The molecule has 1 aliphatic rings. The first kappa shape index (κ1) is 13.4. The Bertz CT molecular complexity index is 673. The number of ketones is 1. The standard InChI is InChI=1S/C18H17ClO/c1-12-16(6-3-7-17(12)19)18(20)11-13-8-9-14-4-2-5-15(14)10-13/h3,6-10H,2,4-5,11H2,1H3. The molecule has 0 amide bonds. The molecule has 2 aromatic rings. The quantitative estimate of drug-likeness (QED) is 0.755. The molecule has 1 nitrogen and oxygen atoms in total. The number of fused-ring (bicyclic) bond motifs is 1. The lowest BCUT2D eigenvalue weighted by Gasteiger charge is -2.08. The number of rotatable bonds is 3. The van der Waals surface area contributed by atoms with Crippen molar-refractivity contribution in [3.8, 4) is 0 Å². The van der Waals surface area contributed by atoms with Gasteiger partial charge in [-0.3, -0.25) is 4.79 Å². The molecule has 0 saturated heterocycles. The summed E-state index contributed by atoms with van der Waals surface area (Å²) >= 11 is 6.09. The van der Waals surface area contributed by atoms with Crippen molar-refractivity contribution in [2.75, 3.05) is 0 Å². The Balaban J connectivity index is 1.84. The molecule has 0 radical (unpaired) electrons. The van der Waals surface area contributed by atoms with Crippen molar-refractivity contribution in [3.05, 3.63) is 69.2 Å². The van der Waals surface area contributed by atoms with Crippen molar-refractivity contribution in [2.45, 2.75) is 32.6 Å². The van der Waals surface area contributed by atoms with Crippen molar-refractivity contribution < 1.29 is 4.79 Å². The van der Waals surface area contributed by atoms with E-state index < -0.39 is 0 Å². The molecule has 0 saturated carbocycles. The van der Waals surface area contributed by atoms with Crippen LogP contribution in [0.1, 0.15) is 39.0 Å². The maximum atomic E-state index is 12.4. The molecule has 2 aromatic carbocycles. The summed E-state index contributed by atoms with van der Waals surface area (Å²) in [5.41, 5.74) is 5.58. The van der Waals surface area contributed by atoms with E-state index in [-0.39, 0.29) is 5.78 Å². The second kappa shape index (κ2) is 5.41. The Labute approximate surface area is 124 Å². The first-order valence-corrected chi connectivity index (χ1v) is 7.42. The highest BCUT2D eigenvalue weighted by atomic mass is 35.5. The first-order valence-electron chi connectivity index (χ1n) is 7.04. The van der Waals surface area contributed by atoms with E-state index in [1.807, 2.05) is 25.1 Å². The summed E-state index contributed by atoms with van der Waals surface area (Å²) in [7, 11) is 0. The maximum Gasteiger partial charge on any atom is 0.167 e. The van der Waals surface area contributed by atoms with Crippen LogP contribution in [-0.2, 0) is 19.3 Å². The van der Waals surface area contributed by atoms with Gasteiger partial charge in [0.05, 0.1) is 0 Å². The van der Waals surface area contributed by atoms with Crippen LogP contribution in [0.2, 0.25) is 5.02 Å². The molecule has 102 valence electrons. The third-order valence-corrected chi connectivity index (χ3v) is 4.51. The Morgan fingerprint density at radius 2 is 1.95 bits per heavy atom. The van der Waals surface area contributed by atoms with Crippen molar-refractivity contribution in [3.63, 3.8) is 0 Å². The minimum absolute atomic E-state index is 0.142. The monoisotopic (exact) mass is 284 g/mol. The zero-order valence-corrected chi connectivity index (χ0v) is 12.3. The van der Waals surface area contributed by atoms with Gasteiger partial charge >= 0.3 is 0 Å². The van der Waals surface area contributed by atoms with Gasteiger partial charge in [-0.1, -0.05) is 41.9 Å². The van der Waals surface area contributed by atoms with Crippen LogP contribution in [0.3, 0.4) is 0 Å². The van der Waals surface area contributed by atoms with Gasteiger partial charge in [-0.25, -0.2) is 0 Å². The highest BCUT2D eigenvalue weighted by Crippen LogP contribution is 2.24. The summed E-state index contributed by atoms with van der Waals surface area (Å²) in [6.45, 7) is 1.90. The molecule has 0 bridgehead atoms.